The molecule has 1 nitrogen and oxygen atoms in total. The fraction of sp³-hybridized carbons (Fsp3) is 0.625. The number of benzene rings is 1. The van der Waals surface area contributed by atoms with Gasteiger partial charge in [0.25, 0.3) is 0 Å². The van der Waals surface area contributed by atoms with E-state index >= 15 is 0 Å². The molecule has 0 heterocycles. The molecule has 1 fully saturated rings. The molecule has 0 spiro atoms. The molecule has 1 aliphatic carbocycles. The Bertz CT molecular complexity index is 487. The fourth-order valence-corrected chi connectivity index (χ4v) is 3.78. The van der Waals surface area contributed by atoms with Crippen molar-refractivity contribution in [1.29, 1.82) is 0 Å². The molecule has 5 heteroatoms. The van der Waals surface area contributed by atoms with E-state index in [1.807, 2.05) is 6.92 Å². The van der Waals surface area contributed by atoms with Crippen LogP contribution in [-0.4, -0.2) is 5.11 Å². The highest BCUT2D eigenvalue weighted by molar-refractivity contribution is 9.10. The number of hydrogen-bond acceptors (Lipinski definition) is 1. The molecule has 118 valence electrons. The quantitative estimate of drug-likeness (QED) is 0.727. The SMILES string of the molecule is CCC1CCCCC1C(O)c1ccc(Br)cc1C(F)(F)F. The van der Waals surface area contributed by atoms with Crippen LogP contribution >= 0.6 is 15.9 Å². The molecule has 1 aromatic carbocycles. The molecule has 21 heavy (non-hydrogen) atoms. The van der Waals surface area contributed by atoms with Crippen LogP contribution in [0.1, 0.15) is 56.3 Å². The maximum absolute atomic E-state index is 13.2. The van der Waals surface area contributed by atoms with Crippen LogP contribution in [-0.2, 0) is 6.18 Å². The van der Waals surface area contributed by atoms with Gasteiger partial charge in [0.1, 0.15) is 0 Å². The summed E-state index contributed by atoms with van der Waals surface area (Å²) in [7, 11) is 0. The predicted molar refractivity (Wildman–Crippen MR) is 79.8 cm³/mol. The van der Waals surface area contributed by atoms with Crippen molar-refractivity contribution >= 4 is 15.9 Å². The minimum absolute atomic E-state index is 0.0102. The van der Waals surface area contributed by atoms with Gasteiger partial charge in [0.05, 0.1) is 11.7 Å². The molecular formula is C16H20BrF3O. The molecule has 0 aromatic heterocycles. The summed E-state index contributed by atoms with van der Waals surface area (Å²) in [5, 5.41) is 10.6. The second-order valence-corrected chi connectivity index (χ2v) is 6.71. The Hall–Kier alpha value is -0.550. The van der Waals surface area contributed by atoms with Gasteiger partial charge in [-0.25, -0.2) is 0 Å². The third kappa shape index (κ3) is 3.81. The van der Waals surface area contributed by atoms with Crippen LogP contribution in [0, 0.1) is 11.8 Å². The number of aliphatic hydroxyl groups excluding tert-OH is 1. The third-order valence-electron chi connectivity index (χ3n) is 4.54. The molecule has 1 aliphatic rings. The molecule has 1 N–H and O–H groups in total. The first-order valence-corrected chi connectivity index (χ1v) is 8.18. The van der Waals surface area contributed by atoms with Crippen LogP contribution in [0.2, 0.25) is 0 Å². The van der Waals surface area contributed by atoms with Gasteiger partial charge in [0.15, 0.2) is 0 Å². The number of hydrogen-bond donors (Lipinski definition) is 1. The van der Waals surface area contributed by atoms with E-state index in [1.165, 1.54) is 6.07 Å². The minimum atomic E-state index is -4.45. The molecule has 1 aromatic rings. The van der Waals surface area contributed by atoms with Crippen molar-refractivity contribution in [3.8, 4) is 0 Å². The van der Waals surface area contributed by atoms with Gasteiger partial charge in [-0.15, -0.1) is 0 Å². The Kier molecular flexibility index (Phi) is 5.36. The second kappa shape index (κ2) is 6.69. The third-order valence-corrected chi connectivity index (χ3v) is 5.03. The summed E-state index contributed by atoms with van der Waals surface area (Å²) in [6.45, 7) is 2.04. The predicted octanol–water partition coefficient (Wildman–Crippen LogP) is 5.72. The van der Waals surface area contributed by atoms with Gasteiger partial charge in [0.2, 0.25) is 0 Å². The summed E-state index contributed by atoms with van der Waals surface area (Å²) in [6, 6.07) is 4.03. The Morgan fingerprint density at radius 1 is 1.29 bits per heavy atom. The van der Waals surface area contributed by atoms with Gasteiger partial charge in [-0.3, -0.25) is 0 Å². The lowest BCUT2D eigenvalue weighted by Gasteiger charge is -2.35. The average Bonchev–Trinajstić information content (AvgIpc) is 2.45. The van der Waals surface area contributed by atoms with Crippen molar-refractivity contribution in [2.75, 3.05) is 0 Å². The van der Waals surface area contributed by atoms with E-state index in [0.717, 1.165) is 38.2 Å². The second-order valence-electron chi connectivity index (χ2n) is 5.79. The van der Waals surface area contributed by atoms with Crippen LogP contribution in [0.15, 0.2) is 22.7 Å². The summed E-state index contributed by atoms with van der Waals surface area (Å²) in [5.41, 5.74) is -0.721. The molecule has 0 bridgehead atoms. The van der Waals surface area contributed by atoms with E-state index in [2.05, 4.69) is 15.9 Å². The van der Waals surface area contributed by atoms with Gasteiger partial charge in [-0.2, -0.15) is 13.2 Å². The monoisotopic (exact) mass is 364 g/mol. The molecule has 0 saturated heterocycles. The van der Waals surface area contributed by atoms with Crippen molar-refractivity contribution < 1.29 is 18.3 Å². The summed E-state index contributed by atoms with van der Waals surface area (Å²) < 4.78 is 40.0. The Morgan fingerprint density at radius 3 is 2.57 bits per heavy atom. The summed E-state index contributed by atoms with van der Waals surface area (Å²) in [5.74, 6) is 0.226. The van der Waals surface area contributed by atoms with Gasteiger partial charge < -0.3 is 5.11 Å². The first-order valence-electron chi connectivity index (χ1n) is 7.39. The first-order chi connectivity index (χ1) is 9.84. The number of alkyl halides is 3. The highest BCUT2D eigenvalue weighted by atomic mass is 79.9. The van der Waals surface area contributed by atoms with Gasteiger partial charge in [-0.1, -0.05) is 54.6 Å². The van der Waals surface area contributed by atoms with Crippen molar-refractivity contribution in [2.45, 2.75) is 51.3 Å². The van der Waals surface area contributed by atoms with Crippen molar-refractivity contribution in [3.63, 3.8) is 0 Å². The topological polar surface area (TPSA) is 20.2 Å². The van der Waals surface area contributed by atoms with Crippen molar-refractivity contribution in [3.05, 3.63) is 33.8 Å². The molecule has 3 atom stereocenters. The van der Waals surface area contributed by atoms with E-state index < -0.39 is 17.8 Å². The molecule has 1 saturated carbocycles. The normalized spacial score (nSPS) is 24.9. The Labute approximate surface area is 131 Å². The first kappa shape index (κ1) is 16.8. The minimum Gasteiger partial charge on any atom is -0.388 e. The maximum atomic E-state index is 13.2. The Morgan fingerprint density at radius 2 is 1.95 bits per heavy atom. The van der Waals surface area contributed by atoms with Gasteiger partial charge >= 0.3 is 6.18 Å². The van der Waals surface area contributed by atoms with Gasteiger partial charge in [-0.05, 0) is 36.0 Å². The van der Waals surface area contributed by atoms with E-state index in [1.54, 1.807) is 6.07 Å². The van der Waals surface area contributed by atoms with Crippen LogP contribution < -0.4 is 0 Å². The summed E-state index contributed by atoms with van der Waals surface area (Å²) in [6.07, 6.45) is -0.705. The van der Waals surface area contributed by atoms with Crippen molar-refractivity contribution in [1.82, 2.24) is 0 Å². The van der Waals surface area contributed by atoms with E-state index in [9.17, 15) is 18.3 Å². The smallest absolute Gasteiger partial charge is 0.388 e. The standard InChI is InChI=1S/C16H20BrF3O/c1-2-10-5-3-4-6-12(10)15(21)13-8-7-11(17)9-14(13)16(18,19)20/h7-10,12,15,21H,2-6H2,1H3. The van der Waals surface area contributed by atoms with Crippen molar-refractivity contribution in [2.24, 2.45) is 11.8 Å². The van der Waals surface area contributed by atoms with E-state index in [-0.39, 0.29) is 11.5 Å². The maximum Gasteiger partial charge on any atom is 0.416 e. The van der Waals surface area contributed by atoms with Crippen LogP contribution in [0.3, 0.4) is 0 Å². The average molecular weight is 365 g/mol. The van der Waals surface area contributed by atoms with E-state index in [4.69, 9.17) is 0 Å². The zero-order valence-electron chi connectivity index (χ0n) is 12.0. The summed E-state index contributed by atoms with van der Waals surface area (Å²) in [4.78, 5) is 0. The molecule has 0 radical (unpaired) electrons. The van der Waals surface area contributed by atoms with Crippen LogP contribution in [0.5, 0.6) is 0 Å². The summed E-state index contributed by atoms with van der Waals surface area (Å²) >= 11 is 3.08. The fourth-order valence-electron chi connectivity index (χ4n) is 3.42. The largest absolute Gasteiger partial charge is 0.416 e. The molecular weight excluding hydrogens is 345 g/mol. The lowest BCUT2D eigenvalue weighted by molar-refractivity contribution is -0.139. The molecule has 3 unspecified atom stereocenters. The number of aliphatic hydroxyl groups is 1. The lowest BCUT2D eigenvalue weighted by Crippen LogP contribution is -2.27. The van der Waals surface area contributed by atoms with Crippen LogP contribution in [0.25, 0.3) is 0 Å². The molecule has 2 rings (SSSR count). The van der Waals surface area contributed by atoms with Crippen LogP contribution in [0.4, 0.5) is 13.2 Å². The lowest BCUT2D eigenvalue weighted by atomic mass is 9.73. The molecule has 0 aliphatic heterocycles. The zero-order valence-corrected chi connectivity index (χ0v) is 13.5. The highest BCUT2D eigenvalue weighted by Crippen LogP contribution is 2.44. The van der Waals surface area contributed by atoms with Gasteiger partial charge in [0, 0.05) is 4.47 Å². The number of halogens is 4. The highest BCUT2D eigenvalue weighted by Gasteiger charge is 2.38. The van der Waals surface area contributed by atoms with E-state index in [0.29, 0.717) is 10.4 Å². The Balaban J connectivity index is 2.36. The molecule has 0 amide bonds. The number of rotatable bonds is 3. The zero-order chi connectivity index (χ0) is 15.6.